The summed E-state index contributed by atoms with van der Waals surface area (Å²) < 4.78 is 0. The van der Waals surface area contributed by atoms with Gasteiger partial charge in [0.25, 0.3) is 5.91 Å². The lowest BCUT2D eigenvalue weighted by atomic mass is 10.0. The molecule has 1 aliphatic heterocycles. The molecule has 2 rings (SSSR count). The van der Waals surface area contributed by atoms with E-state index < -0.39 is 12.0 Å². The summed E-state index contributed by atoms with van der Waals surface area (Å²) in [6.07, 6.45) is 3.55. The minimum atomic E-state index is -0.980. The number of nitrogens with one attached hydrogen (secondary N) is 1. The summed E-state index contributed by atoms with van der Waals surface area (Å²) in [6, 6.07) is 0.698. The monoisotopic (exact) mass is 264 g/mol. The number of ketones is 1. The molecule has 6 nitrogen and oxygen atoms in total. The number of rotatable bonds is 3. The maximum atomic E-state index is 12.3. The van der Waals surface area contributed by atoms with Crippen molar-refractivity contribution in [3.8, 4) is 0 Å². The van der Waals surface area contributed by atoms with Gasteiger partial charge in [0.1, 0.15) is 11.7 Å². The van der Waals surface area contributed by atoms with E-state index in [4.69, 9.17) is 5.11 Å². The number of amides is 1. The Hall–Kier alpha value is -2.11. The first-order valence-corrected chi connectivity index (χ1v) is 6.24. The highest BCUT2D eigenvalue weighted by atomic mass is 16.4. The molecular formula is C13H16N2O4. The molecule has 2 N–H and O–H groups in total. The Morgan fingerprint density at radius 3 is 2.68 bits per heavy atom. The molecule has 2 heterocycles. The second kappa shape index (κ2) is 5.26. The Morgan fingerprint density at radius 2 is 2.11 bits per heavy atom. The summed E-state index contributed by atoms with van der Waals surface area (Å²) in [4.78, 5) is 38.7. The number of carbonyl (C=O) groups is 3. The van der Waals surface area contributed by atoms with Gasteiger partial charge in [-0.3, -0.25) is 9.59 Å². The number of likely N-dealkylation sites (tertiary alicyclic amines) is 1. The Balaban J connectivity index is 2.21. The predicted molar refractivity (Wildman–Crippen MR) is 67.1 cm³/mol. The Labute approximate surface area is 110 Å². The van der Waals surface area contributed by atoms with Crippen LogP contribution in [0.5, 0.6) is 0 Å². The highest BCUT2D eigenvalue weighted by Gasteiger charge is 2.33. The third-order valence-corrected chi connectivity index (χ3v) is 3.37. The summed E-state index contributed by atoms with van der Waals surface area (Å²) in [6.45, 7) is 1.85. The lowest BCUT2D eigenvalue weighted by molar-refractivity contribution is -0.143. The molecule has 0 aromatic carbocycles. The molecule has 1 aliphatic rings. The maximum Gasteiger partial charge on any atom is 0.326 e. The van der Waals surface area contributed by atoms with Gasteiger partial charge in [-0.05, 0) is 32.3 Å². The first-order valence-electron chi connectivity index (χ1n) is 6.24. The van der Waals surface area contributed by atoms with Crippen molar-refractivity contribution in [3.63, 3.8) is 0 Å². The number of aliphatic carboxylic acids is 1. The van der Waals surface area contributed by atoms with Crippen molar-refractivity contribution in [3.05, 3.63) is 23.5 Å². The van der Waals surface area contributed by atoms with Crippen molar-refractivity contribution in [2.75, 3.05) is 6.54 Å². The average molecular weight is 264 g/mol. The number of piperidine rings is 1. The standard InChI is InChI=1S/C13H16N2O4/c1-8(16)9-6-10(14-7-9)12(17)15-5-3-2-4-11(15)13(18)19/h6-7,11,14H,2-5H2,1H3,(H,18,19)/t11-/m1/s1. The molecule has 1 amide bonds. The Kier molecular flexibility index (Phi) is 3.69. The van der Waals surface area contributed by atoms with Crippen LogP contribution in [0.4, 0.5) is 0 Å². The van der Waals surface area contributed by atoms with Crippen LogP contribution in [0.3, 0.4) is 0 Å². The third-order valence-electron chi connectivity index (χ3n) is 3.37. The van der Waals surface area contributed by atoms with E-state index in [1.807, 2.05) is 0 Å². The van der Waals surface area contributed by atoms with Crippen LogP contribution in [0.2, 0.25) is 0 Å². The fourth-order valence-electron chi connectivity index (χ4n) is 2.31. The van der Waals surface area contributed by atoms with Crippen molar-refractivity contribution in [2.24, 2.45) is 0 Å². The van der Waals surface area contributed by atoms with Crippen LogP contribution in [0.15, 0.2) is 12.3 Å². The first-order chi connectivity index (χ1) is 9.00. The van der Waals surface area contributed by atoms with E-state index in [0.29, 0.717) is 18.5 Å². The number of hydrogen-bond acceptors (Lipinski definition) is 3. The predicted octanol–water partition coefficient (Wildman–Crippen LogP) is 1.30. The largest absolute Gasteiger partial charge is 0.480 e. The highest BCUT2D eigenvalue weighted by Crippen LogP contribution is 2.20. The first kappa shape index (κ1) is 13.3. The minimum absolute atomic E-state index is 0.135. The second-order valence-electron chi connectivity index (χ2n) is 4.71. The molecule has 1 atom stereocenters. The van der Waals surface area contributed by atoms with Crippen LogP contribution in [0.25, 0.3) is 0 Å². The average Bonchev–Trinajstić information content (AvgIpc) is 2.87. The zero-order valence-corrected chi connectivity index (χ0v) is 10.7. The van der Waals surface area contributed by atoms with Gasteiger partial charge >= 0.3 is 5.97 Å². The third kappa shape index (κ3) is 2.67. The molecule has 0 spiro atoms. The number of Topliss-reactive ketones (excluding diaryl/α,β-unsaturated/α-hetero) is 1. The number of carboxylic acids is 1. The Morgan fingerprint density at radius 1 is 1.37 bits per heavy atom. The van der Waals surface area contributed by atoms with E-state index in [0.717, 1.165) is 12.8 Å². The van der Waals surface area contributed by atoms with E-state index in [1.165, 1.54) is 24.1 Å². The summed E-state index contributed by atoms with van der Waals surface area (Å²) in [5.74, 6) is -1.48. The maximum absolute atomic E-state index is 12.3. The van der Waals surface area contributed by atoms with Crippen molar-refractivity contribution in [1.29, 1.82) is 0 Å². The molecule has 0 saturated carbocycles. The lowest BCUT2D eigenvalue weighted by Crippen LogP contribution is -2.48. The van der Waals surface area contributed by atoms with Gasteiger partial charge in [-0.1, -0.05) is 0 Å². The van der Waals surface area contributed by atoms with Crippen LogP contribution in [-0.4, -0.2) is 45.2 Å². The molecule has 1 fully saturated rings. The molecule has 6 heteroatoms. The molecule has 102 valence electrons. The molecular weight excluding hydrogens is 248 g/mol. The van der Waals surface area contributed by atoms with Crippen LogP contribution in [0.1, 0.15) is 47.0 Å². The van der Waals surface area contributed by atoms with E-state index in [1.54, 1.807) is 0 Å². The number of aromatic nitrogens is 1. The van der Waals surface area contributed by atoms with Gasteiger partial charge in [0.2, 0.25) is 0 Å². The molecule has 1 saturated heterocycles. The summed E-state index contributed by atoms with van der Waals surface area (Å²) in [7, 11) is 0. The molecule has 0 unspecified atom stereocenters. The van der Waals surface area contributed by atoms with Crippen LogP contribution >= 0.6 is 0 Å². The number of carboxylic acid groups (broad SMARTS) is 1. The van der Waals surface area contributed by atoms with Gasteiger partial charge in [-0.2, -0.15) is 0 Å². The SMILES string of the molecule is CC(=O)c1c[nH]c(C(=O)N2CCCC[C@@H]2C(=O)O)c1. The molecule has 1 aromatic rings. The number of nitrogens with zero attached hydrogens (tertiary/aromatic N) is 1. The van der Waals surface area contributed by atoms with Gasteiger partial charge in [0, 0.05) is 18.3 Å². The molecule has 1 aromatic heterocycles. The van der Waals surface area contributed by atoms with Gasteiger partial charge in [0.15, 0.2) is 5.78 Å². The van der Waals surface area contributed by atoms with Crippen molar-refractivity contribution < 1.29 is 19.5 Å². The summed E-state index contributed by atoms with van der Waals surface area (Å²) in [5.41, 5.74) is 0.686. The molecule has 0 radical (unpaired) electrons. The normalized spacial score (nSPS) is 19.2. The fraction of sp³-hybridized carbons (Fsp3) is 0.462. The lowest BCUT2D eigenvalue weighted by Gasteiger charge is -2.32. The molecule has 19 heavy (non-hydrogen) atoms. The smallest absolute Gasteiger partial charge is 0.326 e. The second-order valence-corrected chi connectivity index (χ2v) is 4.71. The number of carbonyl (C=O) groups excluding carboxylic acids is 2. The van der Waals surface area contributed by atoms with E-state index >= 15 is 0 Å². The van der Waals surface area contributed by atoms with Crippen LogP contribution in [0, 0.1) is 0 Å². The minimum Gasteiger partial charge on any atom is -0.480 e. The van der Waals surface area contributed by atoms with Crippen molar-refractivity contribution >= 4 is 17.7 Å². The van der Waals surface area contributed by atoms with Gasteiger partial charge in [0.05, 0.1) is 0 Å². The van der Waals surface area contributed by atoms with Crippen LogP contribution in [-0.2, 0) is 4.79 Å². The zero-order valence-electron chi connectivity index (χ0n) is 10.7. The summed E-state index contributed by atoms with van der Waals surface area (Å²) >= 11 is 0. The van der Waals surface area contributed by atoms with Gasteiger partial charge < -0.3 is 15.0 Å². The van der Waals surface area contributed by atoms with Crippen LogP contribution < -0.4 is 0 Å². The van der Waals surface area contributed by atoms with E-state index in [9.17, 15) is 14.4 Å². The quantitative estimate of drug-likeness (QED) is 0.805. The van der Waals surface area contributed by atoms with E-state index in [2.05, 4.69) is 4.98 Å². The Bertz CT molecular complexity index is 520. The summed E-state index contributed by atoms with van der Waals surface area (Å²) in [5, 5.41) is 9.14. The fourth-order valence-corrected chi connectivity index (χ4v) is 2.31. The van der Waals surface area contributed by atoms with Gasteiger partial charge in [-0.25, -0.2) is 4.79 Å². The number of hydrogen-bond donors (Lipinski definition) is 2. The highest BCUT2D eigenvalue weighted by molar-refractivity contribution is 6.00. The molecule has 0 aliphatic carbocycles. The zero-order chi connectivity index (χ0) is 14.0. The number of aromatic amines is 1. The van der Waals surface area contributed by atoms with E-state index in [-0.39, 0.29) is 17.4 Å². The number of H-pyrrole nitrogens is 1. The van der Waals surface area contributed by atoms with Gasteiger partial charge in [-0.15, -0.1) is 0 Å². The van der Waals surface area contributed by atoms with Crippen molar-refractivity contribution in [2.45, 2.75) is 32.2 Å². The topological polar surface area (TPSA) is 90.5 Å². The van der Waals surface area contributed by atoms with Crippen molar-refractivity contribution in [1.82, 2.24) is 9.88 Å². The molecule has 0 bridgehead atoms.